The number of aromatic nitrogens is 2. The van der Waals surface area contributed by atoms with Crippen molar-refractivity contribution in [1.29, 1.82) is 0 Å². The molecule has 0 aliphatic carbocycles. The second kappa shape index (κ2) is 6.47. The normalized spacial score (nSPS) is 20.8. The maximum Gasteiger partial charge on any atom is 0.308 e. The lowest BCUT2D eigenvalue weighted by Crippen LogP contribution is -2.45. The summed E-state index contributed by atoms with van der Waals surface area (Å²) in [4.78, 5) is 26.0. The molecule has 1 aromatic carbocycles. The number of carbonyl (C=O) groups excluding carboxylic acids is 1. The number of hydrogen-bond donors (Lipinski definition) is 1. The van der Waals surface area contributed by atoms with Gasteiger partial charge < -0.3 is 10.0 Å². The van der Waals surface area contributed by atoms with Crippen molar-refractivity contribution in [2.75, 3.05) is 13.1 Å². The minimum Gasteiger partial charge on any atom is -0.481 e. The smallest absolute Gasteiger partial charge is 0.308 e. The summed E-state index contributed by atoms with van der Waals surface area (Å²) in [5, 5.41) is 13.7. The van der Waals surface area contributed by atoms with Gasteiger partial charge in [-0.05, 0) is 12.3 Å². The lowest BCUT2D eigenvalue weighted by Gasteiger charge is -2.34. The standard InChI is InChI=1S/C18H21N3O3/c1-12-8-14(18(23)24)10-21(9-12)17(22)15-11-20(2)19-16(15)13-6-4-3-5-7-13/h3-7,11-12,14H,8-10H2,1-2H3,(H,23,24). The van der Waals surface area contributed by atoms with Gasteiger partial charge in [0, 0.05) is 31.9 Å². The van der Waals surface area contributed by atoms with E-state index in [1.165, 1.54) is 0 Å². The van der Waals surface area contributed by atoms with Crippen molar-refractivity contribution in [3.05, 3.63) is 42.1 Å². The molecule has 1 saturated heterocycles. The van der Waals surface area contributed by atoms with E-state index in [2.05, 4.69) is 5.10 Å². The molecule has 1 amide bonds. The van der Waals surface area contributed by atoms with E-state index in [1.54, 1.807) is 22.8 Å². The Hall–Kier alpha value is -2.63. The molecule has 3 rings (SSSR count). The van der Waals surface area contributed by atoms with Crippen LogP contribution in [-0.2, 0) is 11.8 Å². The number of carboxylic acid groups (broad SMARTS) is 1. The zero-order valence-electron chi connectivity index (χ0n) is 13.8. The fourth-order valence-electron chi connectivity index (χ4n) is 3.32. The Morgan fingerprint density at radius 2 is 1.92 bits per heavy atom. The number of aliphatic carboxylic acids is 1. The number of aryl methyl sites for hydroxylation is 1. The van der Waals surface area contributed by atoms with Gasteiger partial charge in [-0.2, -0.15) is 5.10 Å². The first kappa shape index (κ1) is 16.2. The van der Waals surface area contributed by atoms with Gasteiger partial charge in [-0.1, -0.05) is 37.3 Å². The number of rotatable bonds is 3. The van der Waals surface area contributed by atoms with Crippen LogP contribution in [0.2, 0.25) is 0 Å². The molecule has 0 saturated carbocycles. The first-order chi connectivity index (χ1) is 11.5. The van der Waals surface area contributed by atoms with Crippen LogP contribution in [0.3, 0.4) is 0 Å². The maximum absolute atomic E-state index is 13.0. The Kier molecular flexibility index (Phi) is 4.38. The number of hydrogen-bond acceptors (Lipinski definition) is 3. The van der Waals surface area contributed by atoms with Gasteiger partial charge in [0.25, 0.3) is 5.91 Å². The lowest BCUT2D eigenvalue weighted by molar-refractivity contribution is -0.143. The Morgan fingerprint density at radius 3 is 2.58 bits per heavy atom. The third-order valence-electron chi connectivity index (χ3n) is 4.40. The quantitative estimate of drug-likeness (QED) is 0.938. The fourth-order valence-corrected chi connectivity index (χ4v) is 3.32. The molecular formula is C18H21N3O3. The number of carboxylic acids is 1. The summed E-state index contributed by atoms with van der Waals surface area (Å²) in [5.74, 6) is -1.33. The molecule has 2 aromatic rings. The third kappa shape index (κ3) is 3.18. The largest absolute Gasteiger partial charge is 0.481 e. The molecule has 126 valence electrons. The zero-order chi connectivity index (χ0) is 17.3. The molecule has 2 atom stereocenters. The first-order valence-corrected chi connectivity index (χ1v) is 8.07. The van der Waals surface area contributed by atoms with Crippen molar-refractivity contribution in [3.8, 4) is 11.3 Å². The van der Waals surface area contributed by atoms with Crippen LogP contribution >= 0.6 is 0 Å². The molecule has 0 radical (unpaired) electrons. The molecule has 2 unspecified atom stereocenters. The second-order valence-electron chi connectivity index (χ2n) is 6.52. The molecule has 1 aromatic heterocycles. The molecule has 1 aliphatic rings. The van der Waals surface area contributed by atoms with E-state index < -0.39 is 11.9 Å². The highest BCUT2D eigenvalue weighted by atomic mass is 16.4. The molecule has 24 heavy (non-hydrogen) atoms. The second-order valence-corrected chi connectivity index (χ2v) is 6.52. The fraction of sp³-hybridized carbons (Fsp3) is 0.389. The van der Waals surface area contributed by atoms with Gasteiger partial charge in [0.15, 0.2) is 0 Å². The zero-order valence-corrected chi connectivity index (χ0v) is 13.8. The van der Waals surface area contributed by atoms with Crippen molar-refractivity contribution >= 4 is 11.9 Å². The Labute approximate surface area is 140 Å². The number of carbonyl (C=O) groups is 2. The highest BCUT2D eigenvalue weighted by molar-refractivity contribution is 6.00. The van der Waals surface area contributed by atoms with Crippen molar-refractivity contribution in [2.45, 2.75) is 13.3 Å². The number of nitrogens with zero attached hydrogens (tertiary/aromatic N) is 3. The molecular weight excluding hydrogens is 306 g/mol. The van der Waals surface area contributed by atoms with E-state index in [0.717, 1.165) is 5.56 Å². The van der Waals surface area contributed by atoms with Crippen LogP contribution in [0.4, 0.5) is 0 Å². The predicted octanol–water partition coefficient (Wildman–Crippen LogP) is 2.27. The van der Waals surface area contributed by atoms with Gasteiger partial charge in [0.2, 0.25) is 0 Å². The topological polar surface area (TPSA) is 75.4 Å². The van der Waals surface area contributed by atoms with Crippen LogP contribution < -0.4 is 0 Å². The maximum atomic E-state index is 13.0. The van der Waals surface area contributed by atoms with Crippen molar-refractivity contribution in [2.24, 2.45) is 18.9 Å². The van der Waals surface area contributed by atoms with Crippen LogP contribution in [0.1, 0.15) is 23.7 Å². The highest BCUT2D eigenvalue weighted by Crippen LogP contribution is 2.27. The molecule has 0 spiro atoms. The molecule has 1 aliphatic heterocycles. The number of amides is 1. The number of likely N-dealkylation sites (tertiary alicyclic amines) is 1. The van der Waals surface area contributed by atoms with Crippen molar-refractivity contribution in [1.82, 2.24) is 14.7 Å². The molecule has 1 fully saturated rings. The minimum atomic E-state index is -0.839. The summed E-state index contributed by atoms with van der Waals surface area (Å²) in [5.41, 5.74) is 2.02. The Morgan fingerprint density at radius 1 is 1.21 bits per heavy atom. The Balaban J connectivity index is 1.92. The average molecular weight is 327 g/mol. The summed E-state index contributed by atoms with van der Waals surface area (Å²) < 4.78 is 1.62. The van der Waals surface area contributed by atoms with E-state index in [0.29, 0.717) is 24.2 Å². The Bertz CT molecular complexity index is 754. The van der Waals surface area contributed by atoms with Crippen LogP contribution in [0.25, 0.3) is 11.3 Å². The summed E-state index contributed by atoms with van der Waals surface area (Å²) in [6, 6.07) is 9.55. The monoisotopic (exact) mass is 327 g/mol. The first-order valence-electron chi connectivity index (χ1n) is 8.07. The number of piperidine rings is 1. The van der Waals surface area contributed by atoms with Gasteiger partial charge in [-0.15, -0.1) is 0 Å². The number of benzene rings is 1. The van der Waals surface area contributed by atoms with E-state index in [1.807, 2.05) is 37.3 Å². The lowest BCUT2D eigenvalue weighted by atomic mass is 9.90. The third-order valence-corrected chi connectivity index (χ3v) is 4.40. The molecule has 6 heteroatoms. The van der Waals surface area contributed by atoms with Gasteiger partial charge >= 0.3 is 5.97 Å². The van der Waals surface area contributed by atoms with E-state index in [9.17, 15) is 14.7 Å². The molecule has 1 N–H and O–H groups in total. The van der Waals surface area contributed by atoms with Gasteiger partial charge in [0.05, 0.1) is 11.5 Å². The van der Waals surface area contributed by atoms with Crippen molar-refractivity contribution in [3.63, 3.8) is 0 Å². The predicted molar refractivity (Wildman–Crippen MR) is 89.5 cm³/mol. The molecule has 2 heterocycles. The van der Waals surface area contributed by atoms with Crippen molar-refractivity contribution < 1.29 is 14.7 Å². The van der Waals surface area contributed by atoms with Crippen LogP contribution in [-0.4, -0.2) is 44.8 Å². The summed E-state index contributed by atoms with van der Waals surface area (Å²) in [7, 11) is 1.78. The van der Waals surface area contributed by atoms with Gasteiger partial charge in [-0.3, -0.25) is 14.3 Å². The molecule has 6 nitrogen and oxygen atoms in total. The van der Waals surface area contributed by atoms with Crippen LogP contribution in [0.15, 0.2) is 36.5 Å². The van der Waals surface area contributed by atoms with E-state index in [4.69, 9.17) is 0 Å². The van der Waals surface area contributed by atoms with Crippen LogP contribution in [0, 0.1) is 11.8 Å². The average Bonchev–Trinajstić information content (AvgIpc) is 2.96. The summed E-state index contributed by atoms with van der Waals surface area (Å²) in [6.07, 6.45) is 2.32. The van der Waals surface area contributed by atoms with Crippen LogP contribution in [0.5, 0.6) is 0 Å². The SMILES string of the molecule is CC1CC(C(=O)O)CN(C(=O)c2cn(C)nc2-c2ccccc2)C1. The summed E-state index contributed by atoms with van der Waals surface area (Å²) in [6.45, 7) is 2.81. The van der Waals surface area contributed by atoms with E-state index >= 15 is 0 Å². The summed E-state index contributed by atoms with van der Waals surface area (Å²) >= 11 is 0. The highest BCUT2D eigenvalue weighted by Gasteiger charge is 2.33. The minimum absolute atomic E-state index is 0.153. The molecule has 0 bridgehead atoms. The van der Waals surface area contributed by atoms with Gasteiger partial charge in [0.1, 0.15) is 5.69 Å². The van der Waals surface area contributed by atoms with E-state index in [-0.39, 0.29) is 18.4 Å². The van der Waals surface area contributed by atoms with Gasteiger partial charge in [-0.25, -0.2) is 0 Å².